The largest absolute Gasteiger partial charge is 0.316 e. The van der Waals surface area contributed by atoms with Crippen LogP contribution in [0.1, 0.15) is 6.92 Å². The molecule has 0 spiro atoms. The van der Waals surface area contributed by atoms with E-state index >= 15 is 0 Å². The molecule has 116 valence electrons. The number of hydrogen-bond donors (Lipinski definition) is 2. The highest BCUT2D eigenvalue weighted by molar-refractivity contribution is 7.91. The Balaban J connectivity index is 0.00000361. The van der Waals surface area contributed by atoms with Gasteiger partial charge >= 0.3 is 0 Å². The van der Waals surface area contributed by atoms with Crippen LogP contribution in [-0.4, -0.2) is 42.7 Å². The van der Waals surface area contributed by atoms with Gasteiger partial charge in [-0.05, 0) is 24.7 Å². The summed E-state index contributed by atoms with van der Waals surface area (Å²) < 4.78 is 49.1. The summed E-state index contributed by atoms with van der Waals surface area (Å²) in [5.74, 6) is 0. The average molecular weight is 343 g/mol. The van der Waals surface area contributed by atoms with Gasteiger partial charge in [-0.15, -0.1) is 12.4 Å². The van der Waals surface area contributed by atoms with Crippen LogP contribution in [-0.2, 0) is 19.9 Å². The van der Waals surface area contributed by atoms with Crippen LogP contribution in [0.25, 0.3) is 0 Å². The lowest BCUT2D eigenvalue weighted by atomic mass is 10.4. The Hall–Kier alpha value is -0.670. The third-order valence-electron chi connectivity index (χ3n) is 2.39. The molecule has 1 aromatic rings. The van der Waals surface area contributed by atoms with Crippen molar-refractivity contribution in [1.82, 2.24) is 10.0 Å². The van der Waals surface area contributed by atoms with Crippen molar-refractivity contribution in [2.24, 2.45) is 0 Å². The van der Waals surface area contributed by atoms with Gasteiger partial charge in [0.1, 0.15) is 0 Å². The molecule has 0 fully saturated rings. The predicted molar refractivity (Wildman–Crippen MR) is 80.5 cm³/mol. The van der Waals surface area contributed by atoms with Gasteiger partial charge in [-0.2, -0.15) is 0 Å². The standard InChI is InChI=1S/C11H18N2O4S2.ClH/c1-3-12-7-8-13-19(16,17)11-6-4-5-10(9-11)18(2,14)15;/h4-6,9,12-13H,3,7-8H2,1-2H3;1H. The zero-order chi connectivity index (χ0) is 14.5. The molecule has 1 rings (SSSR count). The van der Waals surface area contributed by atoms with Crippen LogP contribution in [0.15, 0.2) is 34.1 Å². The molecule has 0 saturated heterocycles. The molecule has 9 heteroatoms. The molecule has 0 aromatic heterocycles. The van der Waals surface area contributed by atoms with Crippen LogP contribution in [0.4, 0.5) is 0 Å². The van der Waals surface area contributed by atoms with E-state index in [9.17, 15) is 16.8 Å². The van der Waals surface area contributed by atoms with Gasteiger partial charge in [0.25, 0.3) is 0 Å². The molecule has 0 aliphatic heterocycles. The van der Waals surface area contributed by atoms with E-state index in [1.165, 1.54) is 18.2 Å². The van der Waals surface area contributed by atoms with Crippen molar-refractivity contribution in [1.29, 1.82) is 0 Å². The molecule has 0 saturated carbocycles. The average Bonchev–Trinajstić information content (AvgIpc) is 2.34. The van der Waals surface area contributed by atoms with E-state index in [2.05, 4.69) is 10.0 Å². The lowest BCUT2D eigenvalue weighted by Crippen LogP contribution is -2.31. The van der Waals surface area contributed by atoms with E-state index in [1.54, 1.807) is 0 Å². The summed E-state index contributed by atoms with van der Waals surface area (Å²) in [7, 11) is -7.10. The minimum Gasteiger partial charge on any atom is -0.316 e. The van der Waals surface area contributed by atoms with E-state index < -0.39 is 19.9 Å². The van der Waals surface area contributed by atoms with Gasteiger partial charge in [0.2, 0.25) is 10.0 Å². The number of rotatable bonds is 7. The molecule has 2 N–H and O–H groups in total. The van der Waals surface area contributed by atoms with Crippen molar-refractivity contribution in [3.05, 3.63) is 24.3 Å². The van der Waals surface area contributed by atoms with Crippen molar-refractivity contribution < 1.29 is 16.8 Å². The fraction of sp³-hybridized carbons (Fsp3) is 0.455. The fourth-order valence-corrected chi connectivity index (χ4v) is 3.22. The van der Waals surface area contributed by atoms with Gasteiger partial charge in [0.05, 0.1) is 9.79 Å². The predicted octanol–water partition coefficient (Wildman–Crippen LogP) is 0.400. The Bertz CT molecular complexity index is 630. The second kappa shape index (κ2) is 7.94. The molecule has 1 aromatic carbocycles. The van der Waals surface area contributed by atoms with Crippen LogP contribution in [0.5, 0.6) is 0 Å². The first kappa shape index (κ1) is 19.3. The van der Waals surface area contributed by atoms with Crippen molar-refractivity contribution in [3.8, 4) is 0 Å². The van der Waals surface area contributed by atoms with Crippen LogP contribution >= 0.6 is 12.4 Å². The highest BCUT2D eigenvalue weighted by atomic mass is 35.5. The SMILES string of the molecule is CCNCCNS(=O)(=O)c1cccc(S(C)(=O)=O)c1.Cl. The fourth-order valence-electron chi connectivity index (χ4n) is 1.41. The van der Waals surface area contributed by atoms with Crippen LogP contribution < -0.4 is 10.0 Å². The lowest BCUT2D eigenvalue weighted by Gasteiger charge is -2.08. The van der Waals surface area contributed by atoms with E-state index in [0.29, 0.717) is 6.54 Å². The minimum absolute atomic E-state index is 0. The Morgan fingerprint density at radius 1 is 1.05 bits per heavy atom. The van der Waals surface area contributed by atoms with Crippen molar-refractivity contribution in [3.63, 3.8) is 0 Å². The zero-order valence-electron chi connectivity index (χ0n) is 11.3. The molecular weight excluding hydrogens is 324 g/mol. The number of halogens is 1. The minimum atomic E-state index is -3.68. The first-order chi connectivity index (χ1) is 8.77. The Kier molecular flexibility index (Phi) is 7.67. The summed E-state index contributed by atoms with van der Waals surface area (Å²) in [4.78, 5) is -0.0611. The van der Waals surface area contributed by atoms with Gasteiger partial charge in [-0.1, -0.05) is 13.0 Å². The third kappa shape index (κ3) is 5.76. The molecule has 0 unspecified atom stereocenters. The molecule has 0 heterocycles. The molecule has 0 amide bonds. The van der Waals surface area contributed by atoms with E-state index in [1.807, 2.05) is 6.92 Å². The molecule has 20 heavy (non-hydrogen) atoms. The van der Waals surface area contributed by atoms with Crippen molar-refractivity contribution in [2.75, 3.05) is 25.9 Å². The van der Waals surface area contributed by atoms with Crippen LogP contribution in [0.3, 0.4) is 0 Å². The summed E-state index contributed by atoms with van der Waals surface area (Å²) in [6, 6.07) is 5.30. The Morgan fingerprint density at radius 2 is 1.65 bits per heavy atom. The van der Waals surface area contributed by atoms with Gasteiger partial charge in [-0.3, -0.25) is 0 Å². The van der Waals surface area contributed by atoms with Crippen molar-refractivity contribution in [2.45, 2.75) is 16.7 Å². The Labute approximate surface area is 126 Å². The van der Waals surface area contributed by atoms with Crippen LogP contribution in [0, 0.1) is 0 Å². The smallest absolute Gasteiger partial charge is 0.240 e. The number of hydrogen-bond acceptors (Lipinski definition) is 5. The topological polar surface area (TPSA) is 92.3 Å². The maximum Gasteiger partial charge on any atom is 0.240 e. The van der Waals surface area contributed by atoms with E-state index in [0.717, 1.165) is 18.9 Å². The summed E-state index contributed by atoms with van der Waals surface area (Å²) in [6.45, 7) is 3.44. The van der Waals surface area contributed by atoms with Gasteiger partial charge in [0, 0.05) is 19.3 Å². The number of benzene rings is 1. The maximum absolute atomic E-state index is 11.9. The second-order valence-corrected chi connectivity index (χ2v) is 7.78. The summed E-state index contributed by atoms with van der Waals surface area (Å²) in [5.41, 5.74) is 0. The van der Waals surface area contributed by atoms with Crippen LogP contribution in [0.2, 0.25) is 0 Å². The number of likely N-dealkylation sites (N-methyl/N-ethyl adjacent to an activating group) is 1. The monoisotopic (exact) mass is 342 g/mol. The van der Waals surface area contributed by atoms with E-state index in [-0.39, 0.29) is 28.7 Å². The highest BCUT2D eigenvalue weighted by Crippen LogP contribution is 2.15. The molecule has 0 radical (unpaired) electrons. The quantitative estimate of drug-likeness (QED) is 0.700. The lowest BCUT2D eigenvalue weighted by molar-refractivity contribution is 0.577. The highest BCUT2D eigenvalue weighted by Gasteiger charge is 2.16. The first-order valence-electron chi connectivity index (χ1n) is 5.78. The molecule has 0 atom stereocenters. The molecular formula is C11H19ClN2O4S2. The number of nitrogens with one attached hydrogen (secondary N) is 2. The molecule has 0 aliphatic rings. The first-order valence-corrected chi connectivity index (χ1v) is 9.15. The summed E-state index contributed by atoms with van der Waals surface area (Å²) in [6.07, 6.45) is 1.04. The molecule has 0 aliphatic carbocycles. The molecule has 6 nitrogen and oxygen atoms in total. The normalized spacial score (nSPS) is 11.9. The third-order valence-corrected chi connectivity index (χ3v) is 4.96. The summed E-state index contributed by atoms with van der Waals surface area (Å²) in [5, 5.41) is 2.99. The van der Waals surface area contributed by atoms with E-state index in [4.69, 9.17) is 0 Å². The van der Waals surface area contributed by atoms with Gasteiger partial charge < -0.3 is 5.32 Å². The van der Waals surface area contributed by atoms with Gasteiger partial charge in [0.15, 0.2) is 9.84 Å². The number of sulfonamides is 1. The summed E-state index contributed by atoms with van der Waals surface area (Å²) >= 11 is 0. The van der Waals surface area contributed by atoms with Crippen molar-refractivity contribution >= 4 is 32.3 Å². The maximum atomic E-state index is 11.9. The Morgan fingerprint density at radius 3 is 2.20 bits per heavy atom. The number of sulfone groups is 1. The van der Waals surface area contributed by atoms with Gasteiger partial charge in [-0.25, -0.2) is 21.6 Å². The zero-order valence-corrected chi connectivity index (χ0v) is 13.7. The molecule has 0 bridgehead atoms. The second-order valence-electron chi connectivity index (χ2n) is 4.00.